The average Bonchev–Trinajstić information content (AvgIpc) is 2.13. The SMILES string of the molecule is CC1CCC(NCCCC(F)(F)F)C(C)C1. The van der Waals surface area contributed by atoms with Gasteiger partial charge in [0.05, 0.1) is 0 Å². The maximum atomic E-state index is 11.9. The van der Waals surface area contributed by atoms with Crippen molar-refractivity contribution in [1.82, 2.24) is 5.32 Å². The highest BCUT2D eigenvalue weighted by atomic mass is 19.4. The van der Waals surface area contributed by atoms with Gasteiger partial charge in [-0.1, -0.05) is 13.8 Å². The number of rotatable bonds is 4. The fraction of sp³-hybridized carbons (Fsp3) is 1.00. The van der Waals surface area contributed by atoms with Gasteiger partial charge in [0.1, 0.15) is 0 Å². The molecule has 0 aromatic heterocycles. The zero-order valence-corrected chi connectivity index (χ0v) is 10.1. The van der Waals surface area contributed by atoms with Crippen molar-refractivity contribution in [2.75, 3.05) is 6.54 Å². The molecule has 0 radical (unpaired) electrons. The molecule has 0 saturated heterocycles. The summed E-state index contributed by atoms with van der Waals surface area (Å²) in [5.41, 5.74) is 0. The Labute approximate surface area is 95.8 Å². The first-order chi connectivity index (χ1) is 7.38. The van der Waals surface area contributed by atoms with E-state index in [1.807, 2.05) is 0 Å². The molecule has 3 unspecified atom stereocenters. The van der Waals surface area contributed by atoms with Gasteiger partial charge in [0.15, 0.2) is 0 Å². The summed E-state index contributed by atoms with van der Waals surface area (Å²) in [5.74, 6) is 1.36. The maximum Gasteiger partial charge on any atom is 0.389 e. The van der Waals surface area contributed by atoms with E-state index in [1.54, 1.807) is 0 Å². The van der Waals surface area contributed by atoms with E-state index in [2.05, 4.69) is 19.2 Å². The first kappa shape index (κ1) is 13.8. The highest BCUT2D eigenvalue weighted by molar-refractivity contribution is 4.80. The van der Waals surface area contributed by atoms with Gasteiger partial charge in [-0.05, 0) is 44.1 Å². The molecule has 4 heteroatoms. The van der Waals surface area contributed by atoms with E-state index < -0.39 is 12.6 Å². The van der Waals surface area contributed by atoms with Crippen LogP contribution in [0.1, 0.15) is 46.0 Å². The van der Waals surface area contributed by atoms with Crippen molar-refractivity contribution < 1.29 is 13.2 Å². The summed E-state index contributed by atoms with van der Waals surface area (Å²) in [6.45, 7) is 4.93. The second-order valence-corrected chi connectivity index (χ2v) is 5.17. The topological polar surface area (TPSA) is 12.0 Å². The van der Waals surface area contributed by atoms with Crippen LogP contribution in [-0.4, -0.2) is 18.8 Å². The lowest BCUT2D eigenvalue weighted by Gasteiger charge is -2.33. The van der Waals surface area contributed by atoms with Gasteiger partial charge in [0, 0.05) is 12.5 Å². The average molecular weight is 237 g/mol. The molecular weight excluding hydrogens is 215 g/mol. The molecule has 0 aromatic carbocycles. The molecule has 1 nitrogen and oxygen atoms in total. The molecule has 0 aliphatic heterocycles. The van der Waals surface area contributed by atoms with Crippen LogP contribution in [-0.2, 0) is 0 Å². The molecule has 0 amide bonds. The Bertz CT molecular complexity index is 203. The van der Waals surface area contributed by atoms with Crippen molar-refractivity contribution in [2.45, 2.75) is 58.2 Å². The minimum atomic E-state index is -4.01. The van der Waals surface area contributed by atoms with E-state index in [0.717, 1.165) is 12.3 Å². The van der Waals surface area contributed by atoms with Gasteiger partial charge < -0.3 is 5.32 Å². The van der Waals surface area contributed by atoms with Gasteiger partial charge in [-0.2, -0.15) is 13.2 Å². The molecular formula is C12H22F3N. The smallest absolute Gasteiger partial charge is 0.314 e. The molecule has 1 rings (SSSR count). The molecule has 1 aliphatic rings. The van der Waals surface area contributed by atoms with Crippen LogP contribution >= 0.6 is 0 Å². The third-order valence-electron chi connectivity index (χ3n) is 3.48. The normalized spacial score (nSPS) is 31.7. The summed E-state index contributed by atoms with van der Waals surface area (Å²) in [6, 6.07) is 0.421. The van der Waals surface area contributed by atoms with Crippen LogP contribution in [0.15, 0.2) is 0 Å². The number of halogens is 3. The molecule has 0 bridgehead atoms. The van der Waals surface area contributed by atoms with Gasteiger partial charge in [0.2, 0.25) is 0 Å². The molecule has 16 heavy (non-hydrogen) atoms. The van der Waals surface area contributed by atoms with Crippen molar-refractivity contribution >= 4 is 0 Å². The number of hydrogen-bond acceptors (Lipinski definition) is 1. The highest BCUT2D eigenvalue weighted by Crippen LogP contribution is 2.28. The van der Waals surface area contributed by atoms with Crippen molar-refractivity contribution in [2.24, 2.45) is 11.8 Å². The van der Waals surface area contributed by atoms with Gasteiger partial charge >= 0.3 is 6.18 Å². The zero-order valence-electron chi connectivity index (χ0n) is 10.1. The third-order valence-corrected chi connectivity index (χ3v) is 3.48. The van der Waals surface area contributed by atoms with E-state index in [0.29, 0.717) is 18.5 Å². The fourth-order valence-electron chi connectivity index (χ4n) is 2.54. The third kappa shape index (κ3) is 5.19. The Balaban J connectivity index is 2.13. The predicted molar refractivity (Wildman–Crippen MR) is 59.3 cm³/mol. The molecule has 1 fully saturated rings. The summed E-state index contributed by atoms with van der Waals surface area (Å²) in [7, 11) is 0. The predicted octanol–water partition coefficient (Wildman–Crippen LogP) is 3.74. The number of alkyl halides is 3. The molecule has 0 aromatic rings. The van der Waals surface area contributed by atoms with Crippen LogP contribution < -0.4 is 5.32 Å². The minimum Gasteiger partial charge on any atom is -0.314 e. The summed E-state index contributed by atoms with van der Waals surface area (Å²) in [6.07, 6.45) is -0.985. The van der Waals surface area contributed by atoms with Crippen molar-refractivity contribution in [1.29, 1.82) is 0 Å². The van der Waals surface area contributed by atoms with E-state index in [-0.39, 0.29) is 6.42 Å². The summed E-state index contributed by atoms with van der Waals surface area (Å²) < 4.78 is 35.8. The second kappa shape index (κ2) is 5.89. The fourth-order valence-corrected chi connectivity index (χ4v) is 2.54. The quantitative estimate of drug-likeness (QED) is 0.734. The van der Waals surface area contributed by atoms with Crippen LogP contribution in [0.25, 0.3) is 0 Å². The minimum absolute atomic E-state index is 0.197. The van der Waals surface area contributed by atoms with Gasteiger partial charge in [-0.25, -0.2) is 0 Å². The van der Waals surface area contributed by atoms with Crippen LogP contribution in [0, 0.1) is 11.8 Å². The monoisotopic (exact) mass is 237 g/mol. The Kier molecular flexibility index (Phi) is 5.09. The Morgan fingerprint density at radius 3 is 2.44 bits per heavy atom. The van der Waals surface area contributed by atoms with Gasteiger partial charge in [-0.15, -0.1) is 0 Å². The van der Waals surface area contributed by atoms with Crippen LogP contribution in [0.3, 0.4) is 0 Å². The highest BCUT2D eigenvalue weighted by Gasteiger charge is 2.27. The van der Waals surface area contributed by atoms with E-state index >= 15 is 0 Å². The lowest BCUT2D eigenvalue weighted by Crippen LogP contribution is -2.39. The molecule has 1 N–H and O–H groups in total. The first-order valence-electron chi connectivity index (χ1n) is 6.18. The van der Waals surface area contributed by atoms with Crippen LogP contribution in [0.4, 0.5) is 13.2 Å². The molecule has 3 atom stereocenters. The number of nitrogens with one attached hydrogen (secondary N) is 1. The molecule has 0 heterocycles. The zero-order chi connectivity index (χ0) is 12.2. The van der Waals surface area contributed by atoms with Gasteiger partial charge in [-0.3, -0.25) is 0 Å². The maximum absolute atomic E-state index is 11.9. The molecule has 1 aliphatic carbocycles. The standard InChI is InChI=1S/C12H22F3N/c1-9-4-5-11(10(2)8-9)16-7-3-6-12(13,14)15/h9-11,16H,3-8H2,1-2H3. The molecule has 0 spiro atoms. The van der Waals surface area contributed by atoms with Crippen molar-refractivity contribution in [3.05, 3.63) is 0 Å². The first-order valence-corrected chi connectivity index (χ1v) is 6.18. The number of hydrogen-bond donors (Lipinski definition) is 1. The van der Waals surface area contributed by atoms with E-state index in [9.17, 15) is 13.2 Å². The molecule has 96 valence electrons. The summed E-state index contributed by atoms with van der Waals surface area (Å²) in [5, 5.41) is 3.26. The Morgan fingerprint density at radius 2 is 1.88 bits per heavy atom. The lowest BCUT2D eigenvalue weighted by atomic mass is 9.80. The van der Waals surface area contributed by atoms with Gasteiger partial charge in [0.25, 0.3) is 0 Å². The summed E-state index contributed by atoms with van der Waals surface area (Å²) in [4.78, 5) is 0. The van der Waals surface area contributed by atoms with Crippen LogP contribution in [0.5, 0.6) is 0 Å². The summed E-state index contributed by atoms with van der Waals surface area (Å²) >= 11 is 0. The lowest BCUT2D eigenvalue weighted by molar-refractivity contribution is -0.135. The Morgan fingerprint density at radius 1 is 1.19 bits per heavy atom. The molecule has 1 saturated carbocycles. The van der Waals surface area contributed by atoms with Crippen molar-refractivity contribution in [3.8, 4) is 0 Å². The largest absolute Gasteiger partial charge is 0.389 e. The van der Waals surface area contributed by atoms with Crippen LogP contribution in [0.2, 0.25) is 0 Å². The van der Waals surface area contributed by atoms with Crippen molar-refractivity contribution in [3.63, 3.8) is 0 Å². The van der Waals surface area contributed by atoms with E-state index in [4.69, 9.17) is 0 Å². The second-order valence-electron chi connectivity index (χ2n) is 5.17. The Hall–Kier alpha value is -0.250. The van der Waals surface area contributed by atoms with E-state index in [1.165, 1.54) is 12.8 Å².